The summed E-state index contributed by atoms with van der Waals surface area (Å²) in [5, 5.41) is 6.29. The van der Waals surface area contributed by atoms with Crippen LogP contribution in [0.1, 0.15) is 45.4 Å². The molecule has 0 aromatic rings. The number of nitrogens with two attached hydrogens (primary N) is 1. The average molecular weight is 253 g/mol. The molecule has 1 heterocycles. The zero-order chi connectivity index (χ0) is 13.0. The van der Waals surface area contributed by atoms with Gasteiger partial charge in [-0.15, -0.1) is 0 Å². The van der Waals surface area contributed by atoms with Crippen molar-refractivity contribution in [2.24, 2.45) is 17.6 Å². The second-order valence-corrected chi connectivity index (χ2v) is 6.20. The summed E-state index contributed by atoms with van der Waals surface area (Å²) >= 11 is 0. The maximum Gasteiger partial charge on any atom is 0.223 e. The highest BCUT2D eigenvalue weighted by atomic mass is 16.1. The predicted octanol–water partition coefficient (Wildman–Crippen LogP) is 1.01. The normalized spacial score (nSPS) is 25.9. The van der Waals surface area contributed by atoms with Gasteiger partial charge in [0.1, 0.15) is 0 Å². The van der Waals surface area contributed by atoms with Gasteiger partial charge in [-0.3, -0.25) is 4.79 Å². The van der Waals surface area contributed by atoms with E-state index in [1.54, 1.807) is 0 Å². The third-order valence-corrected chi connectivity index (χ3v) is 4.65. The molecule has 0 bridgehead atoms. The van der Waals surface area contributed by atoms with Crippen molar-refractivity contribution in [3.8, 4) is 0 Å². The van der Waals surface area contributed by atoms with E-state index in [-0.39, 0.29) is 17.4 Å². The number of nitrogens with one attached hydrogen (secondary N) is 2. The molecule has 0 radical (unpaired) electrons. The molecule has 0 aromatic carbocycles. The number of carbonyl (C=O) groups excluding carboxylic acids is 1. The summed E-state index contributed by atoms with van der Waals surface area (Å²) in [7, 11) is 0. The van der Waals surface area contributed by atoms with Gasteiger partial charge in [0.05, 0.1) is 0 Å². The van der Waals surface area contributed by atoms with Gasteiger partial charge in [-0.25, -0.2) is 0 Å². The van der Waals surface area contributed by atoms with Crippen LogP contribution in [-0.4, -0.2) is 31.1 Å². The molecule has 0 aromatic heterocycles. The van der Waals surface area contributed by atoms with E-state index in [1.807, 2.05) is 6.92 Å². The first-order chi connectivity index (χ1) is 8.61. The Morgan fingerprint density at radius 1 is 1.33 bits per heavy atom. The van der Waals surface area contributed by atoms with Crippen molar-refractivity contribution < 1.29 is 4.79 Å². The fourth-order valence-electron chi connectivity index (χ4n) is 2.91. The van der Waals surface area contributed by atoms with Crippen molar-refractivity contribution in [1.29, 1.82) is 0 Å². The van der Waals surface area contributed by atoms with E-state index >= 15 is 0 Å². The van der Waals surface area contributed by atoms with E-state index in [9.17, 15) is 4.79 Å². The van der Waals surface area contributed by atoms with E-state index in [1.165, 1.54) is 25.7 Å². The second kappa shape index (κ2) is 6.02. The van der Waals surface area contributed by atoms with Gasteiger partial charge in [-0.2, -0.15) is 0 Å². The Hall–Kier alpha value is -0.610. The fraction of sp³-hybridized carbons (Fsp3) is 0.929. The average Bonchev–Trinajstić information content (AvgIpc) is 2.49. The summed E-state index contributed by atoms with van der Waals surface area (Å²) < 4.78 is 0. The Morgan fingerprint density at radius 2 is 1.94 bits per heavy atom. The summed E-state index contributed by atoms with van der Waals surface area (Å²) in [6.45, 7) is 4.62. The van der Waals surface area contributed by atoms with Gasteiger partial charge >= 0.3 is 0 Å². The molecule has 1 saturated carbocycles. The predicted molar refractivity (Wildman–Crippen MR) is 73.2 cm³/mol. The van der Waals surface area contributed by atoms with Gasteiger partial charge in [0, 0.05) is 18.0 Å². The van der Waals surface area contributed by atoms with Crippen LogP contribution in [0, 0.1) is 11.8 Å². The minimum absolute atomic E-state index is 0.112. The molecule has 1 unspecified atom stereocenters. The van der Waals surface area contributed by atoms with Gasteiger partial charge in [0.15, 0.2) is 0 Å². The van der Waals surface area contributed by atoms with Crippen LogP contribution in [0.2, 0.25) is 0 Å². The maximum absolute atomic E-state index is 12.1. The molecular weight excluding hydrogens is 226 g/mol. The molecule has 1 aliphatic heterocycles. The van der Waals surface area contributed by atoms with Crippen molar-refractivity contribution in [2.75, 3.05) is 19.6 Å². The molecule has 4 nitrogen and oxygen atoms in total. The molecule has 1 amide bonds. The highest BCUT2D eigenvalue weighted by Gasteiger charge is 2.31. The van der Waals surface area contributed by atoms with Crippen molar-refractivity contribution in [1.82, 2.24) is 10.6 Å². The SMILES string of the molecule is CC(C(=O)NCC1(N)CCCCCC1)C1CNC1. The van der Waals surface area contributed by atoms with Crippen molar-refractivity contribution in [3.05, 3.63) is 0 Å². The first-order valence-electron chi connectivity index (χ1n) is 7.38. The van der Waals surface area contributed by atoms with Crippen LogP contribution in [0.15, 0.2) is 0 Å². The standard InChI is InChI=1S/C14H27N3O/c1-11(12-8-16-9-12)13(18)17-10-14(15)6-4-2-3-5-7-14/h11-12,16H,2-10,15H2,1H3,(H,17,18). The van der Waals surface area contributed by atoms with Crippen molar-refractivity contribution in [3.63, 3.8) is 0 Å². The van der Waals surface area contributed by atoms with Crippen molar-refractivity contribution >= 4 is 5.91 Å². The van der Waals surface area contributed by atoms with Crippen LogP contribution >= 0.6 is 0 Å². The molecule has 104 valence electrons. The van der Waals surface area contributed by atoms with Crippen LogP contribution in [0.5, 0.6) is 0 Å². The topological polar surface area (TPSA) is 67.2 Å². The summed E-state index contributed by atoms with van der Waals surface area (Å²) in [5.41, 5.74) is 6.24. The number of amides is 1. The van der Waals surface area contributed by atoms with Crippen LogP contribution in [0.4, 0.5) is 0 Å². The van der Waals surface area contributed by atoms with Crippen LogP contribution < -0.4 is 16.4 Å². The van der Waals surface area contributed by atoms with Crippen molar-refractivity contribution in [2.45, 2.75) is 51.0 Å². The zero-order valence-corrected chi connectivity index (χ0v) is 11.5. The van der Waals surface area contributed by atoms with Gasteiger partial charge in [0.25, 0.3) is 0 Å². The molecule has 4 N–H and O–H groups in total. The van der Waals surface area contributed by atoms with Gasteiger partial charge in [-0.05, 0) is 31.8 Å². The van der Waals surface area contributed by atoms with Gasteiger partial charge < -0.3 is 16.4 Å². The fourth-order valence-corrected chi connectivity index (χ4v) is 2.91. The lowest BCUT2D eigenvalue weighted by Gasteiger charge is -2.33. The molecule has 0 spiro atoms. The zero-order valence-electron chi connectivity index (χ0n) is 11.5. The monoisotopic (exact) mass is 253 g/mol. The Bertz CT molecular complexity index is 281. The van der Waals surface area contributed by atoms with Crippen LogP contribution in [-0.2, 0) is 4.79 Å². The van der Waals surface area contributed by atoms with E-state index < -0.39 is 0 Å². The van der Waals surface area contributed by atoms with E-state index in [0.717, 1.165) is 25.9 Å². The lowest BCUT2D eigenvalue weighted by atomic mass is 9.87. The third kappa shape index (κ3) is 3.45. The summed E-state index contributed by atoms with van der Waals surface area (Å²) in [6.07, 6.45) is 7.08. The Morgan fingerprint density at radius 3 is 2.44 bits per heavy atom. The number of hydrogen-bond acceptors (Lipinski definition) is 3. The molecule has 18 heavy (non-hydrogen) atoms. The number of carbonyl (C=O) groups is 1. The quantitative estimate of drug-likeness (QED) is 0.655. The maximum atomic E-state index is 12.1. The molecule has 1 atom stereocenters. The summed E-state index contributed by atoms with van der Waals surface area (Å²) in [4.78, 5) is 12.1. The lowest BCUT2D eigenvalue weighted by molar-refractivity contribution is -0.127. The molecule has 2 fully saturated rings. The van der Waals surface area contributed by atoms with E-state index in [0.29, 0.717) is 12.5 Å². The minimum atomic E-state index is -0.163. The summed E-state index contributed by atoms with van der Waals surface area (Å²) in [5.74, 6) is 0.795. The molecular formula is C14H27N3O. The Kier molecular flexibility index (Phi) is 4.62. The molecule has 2 rings (SSSR count). The van der Waals surface area contributed by atoms with E-state index in [2.05, 4.69) is 10.6 Å². The number of hydrogen-bond donors (Lipinski definition) is 3. The highest BCUT2D eigenvalue weighted by molar-refractivity contribution is 5.78. The van der Waals surface area contributed by atoms with E-state index in [4.69, 9.17) is 5.73 Å². The minimum Gasteiger partial charge on any atom is -0.354 e. The first-order valence-corrected chi connectivity index (χ1v) is 7.38. The second-order valence-electron chi connectivity index (χ2n) is 6.20. The highest BCUT2D eigenvalue weighted by Crippen LogP contribution is 2.24. The summed E-state index contributed by atoms with van der Waals surface area (Å²) in [6, 6.07) is 0. The smallest absolute Gasteiger partial charge is 0.223 e. The molecule has 4 heteroatoms. The molecule has 1 saturated heterocycles. The Labute approximate surface area is 110 Å². The van der Waals surface area contributed by atoms with Crippen LogP contribution in [0.3, 0.4) is 0 Å². The van der Waals surface area contributed by atoms with Gasteiger partial charge in [0.2, 0.25) is 5.91 Å². The number of rotatable bonds is 4. The third-order valence-electron chi connectivity index (χ3n) is 4.65. The Balaban J connectivity index is 1.76. The van der Waals surface area contributed by atoms with Crippen LogP contribution in [0.25, 0.3) is 0 Å². The lowest BCUT2D eigenvalue weighted by Crippen LogP contribution is -2.54. The largest absolute Gasteiger partial charge is 0.354 e. The molecule has 1 aliphatic carbocycles. The van der Waals surface area contributed by atoms with Gasteiger partial charge in [-0.1, -0.05) is 32.6 Å². The first kappa shape index (κ1) is 13.8. The molecule has 2 aliphatic rings.